The molecule has 0 aromatic heterocycles. The molecule has 0 saturated carbocycles. The molecule has 3 N–H and O–H groups in total. The quantitative estimate of drug-likeness (QED) is 0.734. The monoisotopic (exact) mass is 254 g/mol. The number of hydrogen-bond donors (Lipinski definition) is 2. The van der Waals surface area contributed by atoms with Gasteiger partial charge in [0.2, 0.25) is 5.91 Å². The minimum atomic E-state index is -0.488. The van der Waals surface area contributed by atoms with Gasteiger partial charge in [0.1, 0.15) is 0 Å². The zero-order chi connectivity index (χ0) is 13.4. The highest BCUT2D eigenvalue weighted by Crippen LogP contribution is 2.20. The first-order chi connectivity index (χ1) is 8.67. The molecule has 0 heterocycles. The number of anilines is 1. The first-order valence-corrected chi connectivity index (χ1v) is 6.01. The summed E-state index contributed by atoms with van der Waals surface area (Å²) in [6, 6.07) is 4.34. The molecule has 0 unspecified atom stereocenters. The van der Waals surface area contributed by atoms with Crippen molar-refractivity contribution in [1.82, 2.24) is 0 Å². The number of unbranched alkanes of at least 4 members (excludes halogenated alkanes) is 2. The molecular weight excluding hydrogens is 235 g/mol. The third-order valence-electron chi connectivity index (χ3n) is 2.54. The van der Waals surface area contributed by atoms with E-state index < -0.39 is 5.82 Å². The van der Waals surface area contributed by atoms with E-state index in [0.29, 0.717) is 18.7 Å². The number of carbonyl (C=O) groups excluding carboxylic acids is 1. The Bertz CT molecular complexity index is 397. The van der Waals surface area contributed by atoms with Crippen LogP contribution in [-0.2, 0) is 4.79 Å². The van der Waals surface area contributed by atoms with Crippen LogP contribution in [-0.4, -0.2) is 19.6 Å². The topological polar surface area (TPSA) is 64.3 Å². The molecule has 0 aliphatic carbocycles. The molecule has 0 aliphatic heterocycles. The van der Waals surface area contributed by atoms with Gasteiger partial charge in [0.15, 0.2) is 11.6 Å². The smallest absolute Gasteiger partial charge is 0.224 e. The molecule has 0 radical (unpaired) electrons. The number of hydrogen-bond acceptors (Lipinski definition) is 3. The molecule has 0 aliphatic rings. The number of benzene rings is 1. The minimum Gasteiger partial charge on any atom is -0.494 e. The lowest BCUT2D eigenvalue weighted by Gasteiger charge is -2.07. The van der Waals surface area contributed by atoms with Gasteiger partial charge >= 0.3 is 0 Å². The predicted octanol–water partition coefficient (Wildman–Crippen LogP) is 2.29. The van der Waals surface area contributed by atoms with Crippen molar-refractivity contribution in [3.8, 4) is 5.75 Å². The van der Waals surface area contributed by atoms with Crippen molar-refractivity contribution in [2.24, 2.45) is 5.73 Å². The van der Waals surface area contributed by atoms with E-state index >= 15 is 0 Å². The van der Waals surface area contributed by atoms with E-state index in [1.165, 1.54) is 19.2 Å². The number of carbonyl (C=O) groups is 1. The number of nitrogens with two attached hydrogens (primary N) is 1. The molecular formula is C13H19FN2O2. The van der Waals surface area contributed by atoms with Crippen LogP contribution in [0.25, 0.3) is 0 Å². The molecule has 1 rings (SSSR count). The van der Waals surface area contributed by atoms with E-state index in [9.17, 15) is 9.18 Å². The van der Waals surface area contributed by atoms with Gasteiger partial charge < -0.3 is 15.8 Å². The summed E-state index contributed by atoms with van der Waals surface area (Å²) in [5.41, 5.74) is 5.80. The Morgan fingerprint density at radius 3 is 2.78 bits per heavy atom. The molecule has 0 spiro atoms. The van der Waals surface area contributed by atoms with Crippen LogP contribution < -0.4 is 15.8 Å². The fourth-order valence-corrected chi connectivity index (χ4v) is 1.57. The molecule has 1 aromatic rings. The Morgan fingerprint density at radius 2 is 2.17 bits per heavy atom. The Morgan fingerprint density at radius 1 is 1.39 bits per heavy atom. The fourth-order valence-electron chi connectivity index (χ4n) is 1.57. The number of amides is 1. The summed E-state index contributed by atoms with van der Waals surface area (Å²) in [6.45, 7) is 0.644. The highest BCUT2D eigenvalue weighted by molar-refractivity contribution is 5.90. The van der Waals surface area contributed by atoms with Crippen molar-refractivity contribution in [3.05, 3.63) is 24.0 Å². The highest BCUT2D eigenvalue weighted by atomic mass is 19.1. The van der Waals surface area contributed by atoms with Gasteiger partial charge in [0.05, 0.1) is 7.11 Å². The van der Waals surface area contributed by atoms with Crippen molar-refractivity contribution in [3.63, 3.8) is 0 Å². The van der Waals surface area contributed by atoms with Gasteiger partial charge in [0.25, 0.3) is 0 Å². The van der Waals surface area contributed by atoms with Gasteiger partial charge in [-0.25, -0.2) is 4.39 Å². The Labute approximate surface area is 106 Å². The van der Waals surface area contributed by atoms with Crippen LogP contribution in [0, 0.1) is 5.82 Å². The average Bonchev–Trinajstić information content (AvgIpc) is 2.35. The zero-order valence-corrected chi connectivity index (χ0v) is 10.5. The van der Waals surface area contributed by atoms with Crippen molar-refractivity contribution in [2.75, 3.05) is 19.0 Å². The van der Waals surface area contributed by atoms with E-state index in [4.69, 9.17) is 10.5 Å². The van der Waals surface area contributed by atoms with E-state index in [0.717, 1.165) is 19.3 Å². The van der Waals surface area contributed by atoms with Gasteiger partial charge in [0, 0.05) is 18.2 Å². The van der Waals surface area contributed by atoms with E-state index in [1.807, 2.05) is 0 Å². The lowest BCUT2D eigenvalue weighted by molar-refractivity contribution is -0.116. The van der Waals surface area contributed by atoms with Crippen LogP contribution in [0.3, 0.4) is 0 Å². The van der Waals surface area contributed by atoms with Crippen LogP contribution in [0.5, 0.6) is 5.75 Å². The molecule has 0 fully saturated rings. The maximum absolute atomic E-state index is 13.4. The molecule has 1 aromatic carbocycles. The third-order valence-corrected chi connectivity index (χ3v) is 2.54. The average molecular weight is 254 g/mol. The van der Waals surface area contributed by atoms with Gasteiger partial charge in [-0.1, -0.05) is 6.42 Å². The summed E-state index contributed by atoms with van der Waals surface area (Å²) < 4.78 is 18.2. The second-order valence-electron chi connectivity index (χ2n) is 4.00. The lowest BCUT2D eigenvalue weighted by atomic mass is 10.2. The Hall–Kier alpha value is -1.62. The SMILES string of the molecule is COc1ccc(NC(=O)CCCCCN)cc1F. The van der Waals surface area contributed by atoms with Crippen LogP contribution in [0.15, 0.2) is 18.2 Å². The van der Waals surface area contributed by atoms with E-state index in [-0.39, 0.29) is 11.7 Å². The number of methoxy groups -OCH3 is 1. The maximum Gasteiger partial charge on any atom is 0.224 e. The van der Waals surface area contributed by atoms with E-state index in [1.54, 1.807) is 6.07 Å². The second kappa shape index (κ2) is 7.66. The summed E-state index contributed by atoms with van der Waals surface area (Å²) in [5.74, 6) is -0.439. The number of rotatable bonds is 7. The Balaban J connectivity index is 2.42. The van der Waals surface area contributed by atoms with E-state index in [2.05, 4.69) is 5.32 Å². The molecule has 100 valence electrons. The van der Waals surface area contributed by atoms with Gasteiger partial charge in [-0.05, 0) is 31.5 Å². The molecule has 18 heavy (non-hydrogen) atoms. The number of ether oxygens (including phenoxy) is 1. The minimum absolute atomic E-state index is 0.114. The van der Waals surface area contributed by atoms with Crippen molar-refractivity contribution < 1.29 is 13.9 Å². The lowest BCUT2D eigenvalue weighted by Crippen LogP contribution is -2.11. The van der Waals surface area contributed by atoms with Crippen LogP contribution in [0.2, 0.25) is 0 Å². The molecule has 5 heteroatoms. The highest BCUT2D eigenvalue weighted by Gasteiger charge is 2.06. The molecule has 0 atom stereocenters. The normalized spacial score (nSPS) is 10.2. The maximum atomic E-state index is 13.4. The van der Waals surface area contributed by atoms with Gasteiger partial charge in [-0.15, -0.1) is 0 Å². The number of nitrogens with one attached hydrogen (secondary N) is 1. The number of halogens is 1. The summed E-state index contributed by atoms with van der Waals surface area (Å²) in [5, 5.41) is 2.65. The molecule has 0 bridgehead atoms. The third kappa shape index (κ3) is 4.71. The Kier molecular flexibility index (Phi) is 6.14. The van der Waals surface area contributed by atoms with Crippen molar-refractivity contribution in [1.29, 1.82) is 0 Å². The van der Waals surface area contributed by atoms with Gasteiger partial charge in [-0.2, -0.15) is 0 Å². The van der Waals surface area contributed by atoms with Crippen LogP contribution in [0.1, 0.15) is 25.7 Å². The molecule has 0 saturated heterocycles. The van der Waals surface area contributed by atoms with Crippen LogP contribution in [0.4, 0.5) is 10.1 Å². The van der Waals surface area contributed by atoms with Gasteiger partial charge in [-0.3, -0.25) is 4.79 Å². The largest absolute Gasteiger partial charge is 0.494 e. The van der Waals surface area contributed by atoms with Crippen LogP contribution >= 0.6 is 0 Å². The predicted molar refractivity (Wildman–Crippen MR) is 69.1 cm³/mol. The van der Waals surface area contributed by atoms with Crippen molar-refractivity contribution >= 4 is 11.6 Å². The first kappa shape index (κ1) is 14.4. The molecule has 4 nitrogen and oxygen atoms in total. The second-order valence-corrected chi connectivity index (χ2v) is 4.00. The summed E-state index contributed by atoms with van der Waals surface area (Å²) in [6.07, 6.45) is 3.07. The first-order valence-electron chi connectivity index (χ1n) is 6.01. The fraction of sp³-hybridized carbons (Fsp3) is 0.462. The summed E-state index contributed by atoms with van der Waals surface area (Å²) >= 11 is 0. The summed E-state index contributed by atoms with van der Waals surface area (Å²) in [7, 11) is 1.40. The van der Waals surface area contributed by atoms with Crippen molar-refractivity contribution in [2.45, 2.75) is 25.7 Å². The molecule has 1 amide bonds. The summed E-state index contributed by atoms with van der Waals surface area (Å²) in [4.78, 5) is 11.5. The standard InChI is InChI=1S/C13H19FN2O2/c1-18-12-7-6-10(9-11(12)14)16-13(17)5-3-2-4-8-15/h6-7,9H,2-5,8,15H2,1H3,(H,16,17). The zero-order valence-electron chi connectivity index (χ0n) is 10.5.